The van der Waals surface area contributed by atoms with Crippen molar-refractivity contribution in [3.63, 3.8) is 0 Å². The number of methoxy groups -OCH3 is 1. The number of hydrogen-bond donors (Lipinski definition) is 1. The first-order valence-electron chi connectivity index (χ1n) is 11.7. The molecule has 1 saturated carbocycles. The summed E-state index contributed by atoms with van der Waals surface area (Å²) in [7, 11) is 1.60. The van der Waals surface area contributed by atoms with E-state index in [1.165, 1.54) is 0 Å². The molecular formula is C26H27BrN2O6. The van der Waals surface area contributed by atoms with Gasteiger partial charge in [0.15, 0.2) is 17.3 Å². The monoisotopic (exact) mass is 542 g/mol. The fourth-order valence-electron chi connectivity index (χ4n) is 4.75. The second-order valence-electron chi connectivity index (χ2n) is 8.81. The maximum absolute atomic E-state index is 13.4. The Labute approximate surface area is 212 Å². The van der Waals surface area contributed by atoms with Crippen LogP contribution in [0.3, 0.4) is 0 Å². The summed E-state index contributed by atoms with van der Waals surface area (Å²) in [6.45, 7) is 0.526. The van der Waals surface area contributed by atoms with Gasteiger partial charge in [-0.15, -0.1) is 0 Å². The number of hydrogen-bond acceptors (Lipinski definition) is 6. The molecular weight excluding hydrogens is 516 g/mol. The van der Waals surface area contributed by atoms with E-state index in [2.05, 4.69) is 21.2 Å². The molecule has 2 fully saturated rings. The standard InChI is InChI=1S/C26H27BrN2O6/c1-32-20-8-6-16(10-18(20)27)11-24-26(31)29(19-4-2-3-5-21(19)35-24)14-25(30)28-13-17-7-9-22-23(12-17)34-15-33-22/h6-12,19,21H,2-5,13-15H2,1H3,(H,28,30)/b24-11-. The number of fused-ring (bicyclic) bond motifs is 2. The maximum Gasteiger partial charge on any atom is 0.289 e. The Hall–Kier alpha value is -3.20. The minimum atomic E-state index is -0.265. The maximum atomic E-state index is 13.4. The molecule has 184 valence electrons. The summed E-state index contributed by atoms with van der Waals surface area (Å²) < 4.78 is 23.0. The highest BCUT2D eigenvalue weighted by molar-refractivity contribution is 9.10. The Balaban J connectivity index is 1.30. The SMILES string of the molecule is COc1ccc(/C=C2\OC3CCCCC3N(CC(=O)NCc3ccc4c(c3)OCO4)C2=O)cc1Br. The van der Waals surface area contributed by atoms with E-state index in [0.717, 1.165) is 41.3 Å². The van der Waals surface area contributed by atoms with Gasteiger partial charge in [0.05, 0.1) is 17.6 Å². The van der Waals surface area contributed by atoms with Gasteiger partial charge in [0.1, 0.15) is 18.4 Å². The molecule has 0 aromatic heterocycles. The zero-order chi connectivity index (χ0) is 24.4. The van der Waals surface area contributed by atoms with Gasteiger partial charge in [-0.25, -0.2) is 0 Å². The Morgan fingerprint density at radius 1 is 1.17 bits per heavy atom. The van der Waals surface area contributed by atoms with Crippen molar-refractivity contribution in [3.8, 4) is 17.2 Å². The van der Waals surface area contributed by atoms with Crippen molar-refractivity contribution in [3.05, 3.63) is 57.8 Å². The van der Waals surface area contributed by atoms with Crippen molar-refractivity contribution in [1.29, 1.82) is 0 Å². The van der Waals surface area contributed by atoms with Gasteiger partial charge < -0.3 is 29.2 Å². The third-order valence-corrected chi connectivity index (χ3v) is 7.15. The first kappa shape index (κ1) is 23.5. The molecule has 2 aromatic carbocycles. The first-order valence-corrected chi connectivity index (χ1v) is 12.5. The van der Waals surface area contributed by atoms with Crippen LogP contribution in [0.2, 0.25) is 0 Å². The highest BCUT2D eigenvalue weighted by atomic mass is 79.9. The molecule has 2 amide bonds. The number of morpholine rings is 1. The summed E-state index contributed by atoms with van der Waals surface area (Å²) in [4.78, 5) is 28.0. The average Bonchev–Trinajstić information content (AvgIpc) is 3.33. The van der Waals surface area contributed by atoms with E-state index in [1.807, 2.05) is 36.4 Å². The van der Waals surface area contributed by atoms with Crippen LogP contribution in [0.25, 0.3) is 6.08 Å². The number of halogens is 1. The molecule has 2 atom stereocenters. The van der Waals surface area contributed by atoms with Crippen LogP contribution in [0.4, 0.5) is 0 Å². The number of rotatable bonds is 6. The van der Waals surface area contributed by atoms with E-state index in [-0.39, 0.29) is 43.1 Å². The molecule has 0 bridgehead atoms. The summed E-state index contributed by atoms with van der Waals surface area (Å²) in [6, 6.07) is 11.0. The predicted octanol–water partition coefficient (Wildman–Crippen LogP) is 4.01. The van der Waals surface area contributed by atoms with Crippen LogP contribution in [0.15, 0.2) is 46.6 Å². The molecule has 2 aliphatic heterocycles. The summed E-state index contributed by atoms with van der Waals surface area (Å²) in [5.74, 6) is 1.85. The van der Waals surface area contributed by atoms with Crippen molar-refractivity contribution in [2.75, 3.05) is 20.4 Å². The summed E-state index contributed by atoms with van der Waals surface area (Å²) in [5, 5.41) is 2.93. The van der Waals surface area contributed by atoms with Crippen LogP contribution in [0, 0.1) is 0 Å². The van der Waals surface area contributed by atoms with Gasteiger partial charge in [-0.2, -0.15) is 0 Å². The van der Waals surface area contributed by atoms with E-state index in [0.29, 0.717) is 23.8 Å². The van der Waals surface area contributed by atoms with Crippen LogP contribution in [0.5, 0.6) is 17.2 Å². The molecule has 5 rings (SSSR count). The summed E-state index contributed by atoms with van der Waals surface area (Å²) in [6.07, 6.45) is 5.35. The van der Waals surface area contributed by atoms with Gasteiger partial charge in [-0.05, 0) is 76.7 Å². The Morgan fingerprint density at radius 3 is 2.83 bits per heavy atom. The molecule has 0 radical (unpaired) electrons. The van der Waals surface area contributed by atoms with Crippen molar-refractivity contribution < 1.29 is 28.5 Å². The van der Waals surface area contributed by atoms with E-state index in [1.54, 1.807) is 18.1 Å². The van der Waals surface area contributed by atoms with E-state index in [4.69, 9.17) is 18.9 Å². The largest absolute Gasteiger partial charge is 0.496 e. The minimum absolute atomic E-state index is 0.0163. The molecule has 2 unspecified atom stereocenters. The molecule has 1 aliphatic carbocycles. The third-order valence-electron chi connectivity index (χ3n) is 6.53. The lowest BCUT2D eigenvalue weighted by Gasteiger charge is -2.44. The molecule has 2 heterocycles. The molecule has 1 N–H and O–H groups in total. The topological polar surface area (TPSA) is 86.3 Å². The highest BCUT2D eigenvalue weighted by Crippen LogP contribution is 2.35. The molecule has 2 aromatic rings. The van der Waals surface area contributed by atoms with Gasteiger partial charge >= 0.3 is 0 Å². The van der Waals surface area contributed by atoms with E-state index >= 15 is 0 Å². The molecule has 3 aliphatic rings. The second-order valence-corrected chi connectivity index (χ2v) is 9.66. The smallest absolute Gasteiger partial charge is 0.289 e. The number of nitrogens with one attached hydrogen (secondary N) is 1. The third kappa shape index (κ3) is 5.10. The van der Waals surface area contributed by atoms with Crippen LogP contribution >= 0.6 is 15.9 Å². The predicted molar refractivity (Wildman–Crippen MR) is 132 cm³/mol. The minimum Gasteiger partial charge on any atom is -0.496 e. The normalized spacial score (nSPS) is 21.9. The Morgan fingerprint density at radius 2 is 2.00 bits per heavy atom. The van der Waals surface area contributed by atoms with Crippen LogP contribution in [-0.2, 0) is 20.9 Å². The van der Waals surface area contributed by atoms with Gasteiger partial charge in [0.2, 0.25) is 12.7 Å². The Bertz CT molecular complexity index is 1170. The highest BCUT2D eigenvalue weighted by Gasteiger charge is 2.42. The summed E-state index contributed by atoms with van der Waals surface area (Å²) in [5.41, 5.74) is 1.71. The van der Waals surface area contributed by atoms with Crippen molar-refractivity contribution in [1.82, 2.24) is 10.2 Å². The number of benzene rings is 2. The zero-order valence-corrected chi connectivity index (χ0v) is 21.0. The van der Waals surface area contributed by atoms with E-state index in [9.17, 15) is 9.59 Å². The number of carbonyl (C=O) groups excluding carboxylic acids is 2. The number of nitrogens with zero attached hydrogens (tertiary/aromatic N) is 1. The van der Waals surface area contributed by atoms with Gasteiger partial charge in [0, 0.05) is 6.54 Å². The second kappa shape index (κ2) is 10.2. The average molecular weight is 543 g/mol. The van der Waals surface area contributed by atoms with E-state index < -0.39 is 0 Å². The molecule has 35 heavy (non-hydrogen) atoms. The van der Waals surface area contributed by atoms with Crippen molar-refractivity contribution in [2.24, 2.45) is 0 Å². The number of ether oxygens (including phenoxy) is 4. The quantitative estimate of drug-likeness (QED) is 0.555. The summed E-state index contributed by atoms with van der Waals surface area (Å²) >= 11 is 3.48. The van der Waals surface area contributed by atoms with Crippen LogP contribution in [-0.4, -0.2) is 49.3 Å². The first-order chi connectivity index (χ1) is 17.0. The number of amides is 2. The van der Waals surface area contributed by atoms with Crippen LogP contribution in [0.1, 0.15) is 36.8 Å². The van der Waals surface area contributed by atoms with Crippen LogP contribution < -0.4 is 19.5 Å². The lowest BCUT2D eigenvalue weighted by atomic mass is 9.89. The van der Waals surface area contributed by atoms with Crippen molar-refractivity contribution in [2.45, 2.75) is 44.4 Å². The lowest BCUT2D eigenvalue weighted by molar-refractivity contribution is -0.151. The fourth-order valence-corrected chi connectivity index (χ4v) is 5.31. The molecule has 9 heteroatoms. The Kier molecular flexibility index (Phi) is 6.86. The van der Waals surface area contributed by atoms with Gasteiger partial charge in [0.25, 0.3) is 5.91 Å². The molecule has 0 spiro atoms. The fraction of sp³-hybridized carbons (Fsp3) is 0.385. The van der Waals surface area contributed by atoms with Gasteiger partial charge in [-0.3, -0.25) is 9.59 Å². The number of carbonyl (C=O) groups is 2. The molecule has 1 saturated heterocycles. The molecule has 8 nitrogen and oxygen atoms in total. The lowest BCUT2D eigenvalue weighted by Crippen LogP contribution is -2.57. The zero-order valence-electron chi connectivity index (χ0n) is 19.4. The van der Waals surface area contributed by atoms with Crippen molar-refractivity contribution >= 4 is 33.8 Å². The van der Waals surface area contributed by atoms with Gasteiger partial charge in [-0.1, -0.05) is 18.6 Å².